The van der Waals surface area contributed by atoms with Crippen molar-refractivity contribution in [1.29, 1.82) is 0 Å². The number of rotatable bonds is 2. The van der Waals surface area contributed by atoms with Crippen molar-refractivity contribution < 1.29 is 9.47 Å². The molecule has 0 spiro atoms. The van der Waals surface area contributed by atoms with Gasteiger partial charge in [-0.3, -0.25) is 0 Å². The third-order valence-electron chi connectivity index (χ3n) is 6.40. The Kier molecular flexibility index (Phi) is 4.21. The van der Waals surface area contributed by atoms with E-state index in [0.29, 0.717) is 12.7 Å². The minimum Gasteiger partial charge on any atom is -0.468 e. The first-order chi connectivity index (χ1) is 13.3. The maximum Gasteiger partial charge on any atom is 0.190 e. The smallest absolute Gasteiger partial charge is 0.190 e. The number of fused-ring (bicyclic) bond motifs is 3. The van der Waals surface area contributed by atoms with Crippen LogP contribution in [-0.4, -0.2) is 12.9 Å². The average Bonchev–Trinajstić information content (AvgIpc) is 3.30. The Morgan fingerprint density at radius 1 is 1.07 bits per heavy atom. The van der Waals surface area contributed by atoms with Crippen LogP contribution in [0, 0.1) is 5.41 Å². The molecule has 28 heavy (non-hydrogen) atoms. The highest BCUT2D eigenvalue weighted by atomic mass is 79.9. The zero-order valence-corrected chi connectivity index (χ0v) is 19.6. The van der Waals surface area contributed by atoms with Crippen molar-refractivity contribution in [2.75, 3.05) is 6.79 Å². The fourth-order valence-corrected chi connectivity index (χ4v) is 6.63. The Hall–Kier alpha value is -1.36. The molecule has 2 nitrogen and oxygen atoms in total. The van der Waals surface area contributed by atoms with E-state index in [1.54, 1.807) is 0 Å². The number of benzene rings is 1. The summed E-state index contributed by atoms with van der Waals surface area (Å²) in [6.45, 7) is 9.55. The fourth-order valence-electron chi connectivity index (χ4n) is 5.46. The molecule has 0 amide bonds. The van der Waals surface area contributed by atoms with E-state index in [2.05, 4.69) is 96.0 Å². The third-order valence-corrected chi connectivity index (χ3v) is 7.91. The second-order valence-electron chi connectivity index (χ2n) is 8.51. The summed E-state index contributed by atoms with van der Waals surface area (Å²) in [6.07, 6.45) is 6.76. The van der Waals surface area contributed by atoms with Crippen LogP contribution in [0.2, 0.25) is 0 Å². The van der Waals surface area contributed by atoms with Gasteiger partial charge in [0.2, 0.25) is 0 Å². The number of ether oxygens (including phenoxy) is 2. The predicted molar refractivity (Wildman–Crippen MR) is 120 cm³/mol. The van der Waals surface area contributed by atoms with E-state index < -0.39 is 0 Å². The van der Waals surface area contributed by atoms with Gasteiger partial charge >= 0.3 is 0 Å². The van der Waals surface area contributed by atoms with E-state index in [4.69, 9.17) is 9.47 Å². The quantitative estimate of drug-likeness (QED) is 0.428. The molecule has 1 aromatic carbocycles. The first-order valence-electron chi connectivity index (χ1n) is 9.57. The lowest BCUT2D eigenvalue weighted by Crippen LogP contribution is -2.27. The molecule has 0 aromatic heterocycles. The molecule has 2 atom stereocenters. The molecule has 3 aliphatic carbocycles. The molecule has 0 radical (unpaired) electrons. The van der Waals surface area contributed by atoms with Gasteiger partial charge in [-0.05, 0) is 81.4 Å². The summed E-state index contributed by atoms with van der Waals surface area (Å²) in [4.78, 5) is 0. The molecular formula is C24H22Br2O2. The lowest BCUT2D eigenvalue weighted by Gasteiger charge is -2.38. The lowest BCUT2D eigenvalue weighted by atomic mass is 9.65. The molecule has 1 aromatic rings. The minimum absolute atomic E-state index is 0.0644. The van der Waals surface area contributed by atoms with Crippen LogP contribution < -0.4 is 0 Å². The second-order valence-corrected chi connectivity index (χ2v) is 10.2. The van der Waals surface area contributed by atoms with Gasteiger partial charge in [-0.1, -0.05) is 53.6 Å². The fraction of sp³-hybridized carbons (Fsp3) is 0.333. The molecular weight excluding hydrogens is 480 g/mol. The Morgan fingerprint density at radius 3 is 2.64 bits per heavy atom. The Morgan fingerprint density at radius 2 is 1.86 bits per heavy atom. The van der Waals surface area contributed by atoms with Crippen LogP contribution in [0.15, 0.2) is 72.9 Å². The maximum absolute atomic E-state index is 5.80. The van der Waals surface area contributed by atoms with E-state index in [9.17, 15) is 0 Å². The summed E-state index contributed by atoms with van der Waals surface area (Å²) in [5.74, 6) is 1.23. The van der Waals surface area contributed by atoms with Gasteiger partial charge in [0, 0.05) is 15.8 Å². The molecule has 1 saturated heterocycles. The first kappa shape index (κ1) is 18.7. The summed E-state index contributed by atoms with van der Waals surface area (Å²) >= 11 is 7.51. The summed E-state index contributed by atoms with van der Waals surface area (Å²) in [5, 5.41) is 0. The monoisotopic (exact) mass is 500 g/mol. The van der Waals surface area contributed by atoms with Gasteiger partial charge in [0.1, 0.15) is 11.9 Å². The molecule has 2 unspecified atom stereocenters. The topological polar surface area (TPSA) is 18.5 Å². The van der Waals surface area contributed by atoms with Crippen LogP contribution in [-0.2, 0) is 9.47 Å². The van der Waals surface area contributed by atoms with E-state index in [0.717, 1.165) is 10.2 Å². The van der Waals surface area contributed by atoms with Gasteiger partial charge < -0.3 is 9.47 Å². The SMILES string of the molecule is CC1=Cc2c(Br)cccc2C1C(C)(C)C1=C(C)C=C2C1=CC1OCOC1=C2Br. The number of halogens is 2. The van der Waals surface area contributed by atoms with Gasteiger partial charge in [0.05, 0.1) is 4.48 Å². The van der Waals surface area contributed by atoms with Crippen molar-refractivity contribution in [1.82, 2.24) is 0 Å². The van der Waals surface area contributed by atoms with Crippen LogP contribution in [0.5, 0.6) is 0 Å². The van der Waals surface area contributed by atoms with Crippen LogP contribution in [0.25, 0.3) is 6.08 Å². The van der Waals surface area contributed by atoms with E-state index >= 15 is 0 Å². The molecule has 4 heteroatoms. The summed E-state index contributed by atoms with van der Waals surface area (Å²) in [5.41, 5.74) is 9.28. The lowest BCUT2D eigenvalue weighted by molar-refractivity contribution is 0.0629. The standard InChI is InChI=1S/C24H22Br2O2/c1-12-8-15-14(6-5-7-18(15)25)20(12)24(3,4)21-13(2)9-17-16(21)10-19-23(22(17)26)28-11-27-19/h5-10,19-20H,11H2,1-4H3. The third kappa shape index (κ3) is 2.47. The van der Waals surface area contributed by atoms with E-state index in [1.807, 2.05) is 0 Å². The van der Waals surface area contributed by atoms with Crippen molar-refractivity contribution in [3.63, 3.8) is 0 Å². The van der Waals surface area contributed by atoms with Crippen molar-refractivity contribution in [2.24, 2.45) is 5.41 Å². The second kappa shape index (κ2) is 6.32. The van der Waals surface area contributed by atoms with Crippen LogP contribution in [0.1, 0.15) is 44.7 Å². The molecule has 1 fully saturated rings. The van der Waals surface area contributed by atoms with E-state index in [-0.39, 0.29) is 11.5 Å². The summed E-state index contributed by atoms with van der Waals surface area (Å²) in [7, 11) is 0. The number of hydrogen-bond donors (Lipinski definition) is 0. The van der Waals surface area contributed by atoms with Gasteiger partial charge in [0.15, 0.2) is 6.79 Å². The molecule has 1 aliphatic heterocycles. The van der Waals surface area contributed by atoms with Crippen LogP contribution in [0.4, 0.5) is 0 Å². The maximum atomic E-state index is 5.80. The van der Waals surface area contributed by atoms with Crippen molar-refractivity contribution in [3.05, 3.63) is 84.1 Å². The van der Waals surface area contributed by atoms with Crippen LogP contribution >= 0.6 is 31.9 Å². The molecule has 0 bridgehead atoms. The van der Waals surface area contributed by atoms with Crippen molar-refractivity contribution in [3.8, 4) is 0 Å². The summed E-state index contributed by atoms with van der Waals surface area (Å²) in [6, 6.07) is 6.55. The Balaban J connectivity index is 1.62. The number of allylic oxidation sites excluding steroid dienone is 7. The van der Waals surface area contributed by atoms with Gasteiger partial charge in [-0.2, -0.15) is 0 Å². The van der Waals surface area contributed by atoms with Gasteiger partial charge in [0.25, 0.3) is 0 Å². The molecule has 5 rings (SSSR count). The highest BCUT2D eigenvalue weighted by molar-refractivity contribution is 9.12. The van der Waals surface area contributed by atoms with Crippen LogP contribution in [0.3, 0.4) is 0 Å². The largest absolute Gasteiger partial charge is 0.468 e. The number of hydrogen-bond acceptors (Lipinski definition) is 2. The molecule has 4 aliphatic rings. The average molecular weight is 502 g/mol. The molecule has 0 N–H and O–H groups in total. The Bertz CT molecular complexity index is 1070. The predicted octanol–water partition coefficient (Wildman–Crippen LogP) is 7.15. The Labute approximate surface area is 182 Å². The molecule has 144 valence electrons. The molecule has 0 saturated carbocycles. The van der Waals surface area contributed by atoms with Gasteiger partial charge in [-0.15, -0.1) is 0 Å². The zero-order valence-electron chi connectivity index (χ0n) is 16.4. The zero-order chi connectivity index (χ0) is 19.8. The summed E-state index contributed by atoms with van der Waals surface area (Å²) < 4.78 is 13.7. The van der Waals surface area contributed by atoms with Gasteiger partial charge in [-0.25, -0.2) is 0 Å². The highest BCUT2D eigenvalue weighted by Gasteiger charge is 2.45. The first-order valence-corrected chi connectivity index (χ1v) is 11.2. The molecule has 1 heterocycles. The highest BCUT2D eigenvalue weighted by Crippen LogP contribution is 2.58. The normalized spacial score (nSPS) is 25.9. The van der Waals surface area contributed by atoms with Crippen molar-refractivity contribution in [2.45, 2.75) is 39.7 Å². The van der Waals surface area contributed by atoms with E-state index in [1.165, 1.54) is 43.5 Å². The minimum atomic E-state index is -0.0973. The van der Waals surface area contributed by atoms with Crippen molar-refractivity contribution >= 4 is 37.9 Å².